The molecule has 0 aromatic heterocycles. The lowest BCUT2D eigenvalue weighted by Crippen LogP contribution is -2.41. The molecular weight excluding hydrogens is 313 g/mol. The standard InChI is InChI=1S/C13H18INO/c14-13-6-7-15(9-12(13)10-16)8-11-4-2-1-3-5-11/h1-5,12-13,16H,6-10H2/t12-,13+/m1/s1. The van der Waals surface area contributed by atoms with Crippen LogP contribution in [0.5, 0.6) is 0 Å². The van der Waals surface area contributed by atoms with Gasteiger partial charge < -0.3 is 5.11 Å². The Bertz CT molecular complexity index is 317. The lowest BCUT2D eigenvalue weighted by Gasteiger charge is -2.35. The predicted octanol–water partition coefficient (Wildman–Crippen LogP) is 2.30. The molecule has 0 unspecified atom stereocenters. The molecule has 88 valence electrons. The van der Waals surface area contributed by atoms with E-state index in [1.807, 2.05) is 0 Å². The zero-order valence-electron chi connectivity index (χ0n) is 9.35. The van der Waals surface area contributed by atoms with Crippen molar-refractivity contribution in [3.63, 3.8) is 0 Å². The lowest BCUT2D eigenvalue weighted by molar-refractivity contribution is 0.125. The van der Waals surface area contributed by atoms with Crippen molar-refractivity contribution < 1.29 is 5.11 Å². The first kappa shape index (κ1) is 12.3. The molecule has 1 fully saturated rings. The van der Waals surface area contributed by atoms with E-state index >= 15 is 0 Å². The van der Waals surface area contributed by atoms with E-state index in [0.29, 0.717) is 16.4 Å². The second kappa shape index (κ2) is 5.98. The van der Waals surface area contributed by atoms with Gasteiger partial charge in [0.05, 0.1) is 0 Å². The summed E-state index contributed by atoms with van der Waals surface area (Å²) >= 11 is 2.47. The highest BCUT2D eigenvalue weighted by molar-refractivity contribution is 14.1. The molecule has 0 radical (unpaired) electrons. The average molecular weight is 331 g/mol. The van der Waals surface area contributed by atoms with Crippen LogP contribution < -0.4 is 0 Å². The number of nitrogens with zero attached hydrogens (tertiary/aromatic N) is 1. The van der Waals surface area contributed by atoms with Crippen molar-refractivity contribution in [3.05, 3.63) is 35.9 Å². The zero-order valence-corrected chi connectivity index (χ0v) is 11.5. The molecule has 2 atom stereocenters. The van der Waals surface area contributed by atoms with Crippen LogP contribution in [0.2, 0.25) is 0 Å². The van der Waals surface area contributed by atoms with Gasteiger partial charge in [-0.15, -0.1) is 0 Å². The molecule has 2 rings (SSSR count). The summed E-state index contributed by atoms with van der Waals surface area (Å²) in [6.45, 7) is 3.51. The number of piperidine rings is 1. The number of likely N-dealkylation sites (tertiary alicyclic amines) is 1. The first-order chi connectivity index (χ1) is 7.79. The van der Waals surface area contributed by atoms with Gasteiger partial charge in [-0.2, -0.15) is 0 Å². The highest BCUT2D eigenvalue weighted by Crippen LogP contribution is 2.24. The molecule has 0 amide bonds. The Labute approximate surface area is 111 Å². The monoisotopic (exact) mass is 331 g/mol. The number of aliphatic hydroxyl groups excluding tert-OH is 1. The van der Waals surface area contributed by atoms with Gasteiger partial charge >= 0.3 is 0 Å². The molecule has 0 bridgehead atoms. The van der Waals surface area contributed by atoms with Crippen molar-refractivity contribution >= 4 is 22.6 Å². The predicted molar refractivity (Wildman–Crippen MR) is 74.7 cm³/mol. The molecule has 2 nitrogen and oxygen atoms in total. The zero-order chi connectivity index (χ0) is 11.4. The second-order valence-electron chi connectivity index (χ2n) is 4.47. The molecule has 1 aliphatic heterocycles. The Balaban J connectivity index is 1.92. The molecule has 1 saturated heterocycles. The van der Waals surface area contributed by atoms with E-state index in [4.69, 9.17) is 0 Å². The number of halogens is 1. The minimum Gasteiger partial charge on any atom is -0.396 e. The molecule has 1 aliphatic rings. The van der Waals surface area contributed by atoms with Gasteiger partial charge in [-0.3, -0.25) is 4.90 Å². The van der Waals surface area contributed by atoms with E-state index < -0.39 is 0 Å². The lowest BCUT2D eigenvalue weighted by atomic mass is 9.98. The minimum atomic E-state index is 0.318. The first-order valence-corrected chi connectivity index (χ1v) is 7.05. The Kier molecular flexibility index (Phi) is 4.61. The Morgan fingerprint density at radius 2 is 2.06 bits per heavy atom. The van der Waals surface area contributed by atoms with Crippen molar-refractivity contribution in [2.75, 3.05) is 19.7 Å². The summed E-state index contributed by atoms with van der Waals surface area (Å²) in [5.74, 6) is 0.443. The summed E-state index contributed by atoms with van der Waals surface area (Å²) in [6.07, 6.45) is 1.19. The fourth-order valence-electron chi connectivity index (χ4n) is 2.24. The van der Waals surface area contributed by atoms with Crippen LogP contribution in [0, 0.1) is 5.92 Å². The summed E-state index contributed by atoms with van der Waals surface area (Å²) in [4.78, 5) is 2.45. The largest absolute Gasteiger partial charge is 0.396 e. The Morgan fingerprint density at radius 3 is 2.75 bits per heavy atom. The van der Waals surface area contributed by atoms with Gasteiger partial charge in [-0.25, -0.2) is 0 Å². The molecule has 0 spiro atoms. The van der Waals surface area contributed by atoms with Gasteiger partial charge in [0.1, 0.15) is 0 Å². The second-order valence-corrected chi connectivity index (χ2v) is 6.07. The summed E-state index contributed by atoms with van der Waals surface area (Å²) in [5.41, 5.74) is 1.37. The van der Waals surface area contributed by atoms with Crippen LogP contribution in [0.15, 0.2) is 30.3 Å². The van der Waals surface area contributed by atoms with Crippen LogP contribution in [0.4, 0.5) is 0 Å². The maximum atomic E-state index is 9.31. The van der Waals surface area contributed by atoms with Crippen LogP contribution in [-0.4, -0.2) is 33.6 Å². The maximum absolute atomic E-state index is 9.31. The quantitative estimate of drug-likeness (QED) is 0.679. The number of alkyl halides is 1. The summed E-state index contributed by atoms with van der Waals surface area (Å²) in [7, 11) is 0. The van der Waals surface area contributed by atoms with Crippen molar-refractivity contribution in [2.45, 2.75) is 16.9 Å². The van der Waals surface area contributed by atoms with Gasteiger partial charge in [0.15, 0.2) is 0 Å². The number of hydrogen-bond donors (Lipinski definition) is 1. The molecule has 0 aliphatic carbocycles. The fraction of sp³-hybridized carbons (Fsp3) is 0.538. The van der Waals surface area contributed by atoms with E-state index in [-0.39, 0.29) is 0 Å². The van der Waals surface area contributed by atoms with E-state index in [2.05, 4.69) is 57.8 Å². The van der Waals surface area contributed by atoms with E-state index in [9.17, 15) is 5.11 Å². The topological polar surface area (TPSA) is 23.5 Å². The molecule has 16 heavy (non-hydrogen) atoms. The molecule has 1 heterocycles. The smallest absolute Gasteiger partial charge is 0.0481 e. The van der Waals surface area contributed by atoms with Gasteiger partial charge in [0.25, 0.3) is 0 Å². The van der Waals surface area contributed by atoms with Gasteiger partial charge in [-0.05, 0) is 18.5 Å². The molecular formula is C13H18INO. The van der Waals surface area contributed by atoms with Crippen LogP contribution >= 0.6 is 22.6 Å². The molecule has 1 N–H and O–H groups in total. The molecule has 1 aromatic rings. The fourth-order valence-corrected chi connectivity index (χ4v) is 2.97. The molecule has 3 heteroatoms. The number of benzene rings is 1. The SMILES string of the molecule is OC[C@H]1CN(Cc2ccccc2)CC[C@@H]1I. The van der Waals surface area contributed by atoms with Crippen LogP contribution in [0.25, 0.3) is 0 Å². The number of hydrogen-bond acceptors (Lipinski definition) is 2. The third kappa shape index (κ3) is 3.18. The van der Waals surface area contributed by atoms with E-state index in [0.717, 1.165) is 19.6 Å². The molecule has 1 aromatic carbocycles. The Morgan fingerprint density at radius 1 is 1.31 bits per heavy atom. The van der Waals surface area contributed by atoms with Crippen molar-refractivity contribution in [2.24, 2.45) is 5.92 Å². The van der Waals surface area contributed by atoms with Gasteiger partial charge in [-0.1, -0.05) is 52.9 Å². The number of aliphatic hydroxyl groups is 1. The van der Waals surface area contributed by atoms with Crippen LogP contribution in [0.3, 0.4) is 0 Å². The summed E-state index contributed by atoms with van der Waals surface area (Å²) < 4.78 is 0.634. The van der Waals surface area contributed by atoms with E-state index in [1.165, 1.54) is 12.0 Å². The maximum Gasteiger partial charge on any atom is 0.0481 e. The van der Waals surface area contributed by atoms with Gasteiger partial charge in [0.2, 0.25) is 0 Å². The molecule has 0 saturated carbocycles. The normalized spacial score (nSPS) is 26.9. The third-order valence-corrected chi connectivity index (χ3v) is 4.85. The van der Waals surface area contributed by atoms with E-state index in [1.54, 1.807) is 0 Å². The Hall–Kier alpha value is -0.130. The summed E-state index contributed by atoms with van der Waals surface area (Å²) in [5, 5.41) is 9.31. The third-order valence-electron chi connectivity index (χ3n) is 3.21. The summed E-state index contributed by atoms with van der Waals surface area (Å²) in [6, 6.07) is 10.6. The minimum absolute atomic E-state index is 0.318. The van der Waals surface area contributed by atoms with Crippen molar-refractivity contribution in [3.8, 4) is 0 Å². The van der Waals surface area contributed by atoms with Crippen LogP contribution in [0.1, 0.15) is 12.0 Å². The highest BCUT2D eigenvalue weighted by atomic mass is 127. The average Bonchev–Trinajstić information content (AvgIpc) is 2.33. The van der Waals surface area contributed by atoms with Gasteiger partial charge in [0, 0.05) is 29.5 Å². The van der Waals surface area contributed by atoms with Crippen LogP contribution in [-0.2, 0) is 6.54 Å². The van der Waals surface area contributed by atoms with Crippen molar-refractivity contribution in [1.29, 1.82) is 0 Å². The first-order valence-electron chi connectivity index (χ1n) is 5.81. The number of rotatable bonds is 3. The van der Waals surface area contributed by atoms with Crippen molar-refractivity contribution in [1.82, 2.24) is 4.90 Å². The highest BCUT2D eigenvalue weighted by Gasteiger charge is 2.26.